The molecule has 1 amide bonds. The van der Waals surface area contributed by atoms with E-state index in [4.69, 9.17) is 16.3 Å². The molecule has 1 saturated heterocycles. The number of rotatable bonds is 5. The van der Waals surface area contributed by atoms with Crippen LogP contribution < -0.4 is 10.1 Å². The molecule has 1 aliphatic heterocycles. The van der Waals surface area contributed by atoms with Gasteiger partial charge in [-0.2, -0.15) is 4.31 Å². The molecule has 0 bridgehead atoms. The number of amides is 1. The van der Waals surface area contributed by atoms with Crippen LogP contribution in [0.4, 0.5) is 5.69 Å². The SMILES string of the molecule is COc1ccc(NC(=O)c2cc(Cl)ccn2)cc1S(=O)(=O)N1CCCCC1. The summed E-state index contributed by atoms with van der Waals surface area (Å²) >= 11 is 5.88. The fourth-order valence-electron chi connectivity index (χ4n) is 2.92. The van der Waals surface area contributed by atoms with Crippen molar-refractivity contribution in [2.24, 2.45) is 0 Å². The Bertz CT molecular complexity index is 943. The van der Waals surface area contributed by atoms with Crippen LogP contribution in [0.3, 0.4) is 0 Å². The number of aromatic nitrogens is 1. The summed E-state index contributed by atoms with van der Waals surface area (Å²) in [6.07, 6.45) is 4.11. The molecule has 1 aromatic heterocycles. The number of hydrogen-bond acceptors (Lipinski definition) is 5. The topological polar surface area (TPSA) is 88.6 Å². The van der Waals surface area contributed by atoms with E-state index in [2.05, 4.69) is 10.3 Å². The number of carbonyl (C=O) groups excluding carboxylic acids is 1. The number of benzene rings is 1. The first-order valence-electron chi connectivity index (χ1n) is 8.53. The third kappa shape index (κ3) is 4.40. The molecule has 9 heteroatoms. The highest BCUT2D eigenvalue weighted by atomic mass is 35.5. The predicted octanol–water partition coefficient (Wildman–Crippen LogP) is 3.17. The van der Waals surface area contributed by atoms with Crippen molar-refractivity contribution in [1.82, 2.24) is 9.29 Å². The van der Waals surface area contributed by atoms with E-state index in [1.54, 1.807) is 12.1 Å². The van der Waals surface area contributed by atoms with Gasteiger partial charge >= 0.3 is 0 Å². The lowest BCUT2D eigenvalue weighted by Crippen LogP contribution is -2.35. The van der Waals surface area contributed by atoms with Gasteiger partial charge in [-0.05, 0) is 43.2 Å². The molecule has 1 aromatic carbocycles. The van der Waals surface area contributed by atoms with E-state index in [0.29, 0.717) is 23.8 Å². The highest BCUT2D eigenvalue weighted by molar-refractivity contribution is 7.89. The molecule has 7 nitrogen and oxygen atoms in total. The lowest BCUT2D eigenvalue weighted by atomic mass is 10.2. The normalized spacial score (nSPS) is 15.3. The molecule has 0 saturated carbocycles. The van der Waals surface area contributed by atoms with Crippen molar-refractivity contribution in [1.29, 1.82) is 0 Å². The quantitative estimate of drug-likeness (QED) is 0.819. The minimum atomic E-state index is -3.71. The molecule has 2 aromatic rings. The summed E-state index contributed by atoms with van der Waals surface area (Å²) < 4.78 is 32.7. The minimum absolute atomic E-state index is 0.0313. The number of halogens is 1. The molecule has 0 spiro atoms. The van der Waals surface area contributed by atoms with Crippen molar-refractivity contribution in [3.63, 3.8) is 0 Å². The van der Waals surface area contributed by atoms with E-state index in [-0.39, 0.29) is 16.3 Å². The molecule has 1 aliphatic rings. The third-order valence-corrected chi connectivity index (χ3v) is 6.46. The second kappa shape index (κ2) is 8.24. The Kier molecular flexibility index (Phi) is 5.98. The van der Waals surface area contributed by atoms with E-state index < -0.39 is 15.9 Å². The van der Waals surface area contributed by atoms with Crippen molar-refractivity contribution >= 4 is 33.2 Å². The van der Waals surface area contributed by atoms with Crippen LogP contribution in [-0.4, -0.2) is 43.8 Å². The van der Waals surface area contributed by atoms with Gasteiger partial charge in [0.15, 0.2) is 0 Å². The van der Waals surface area contributed by atoms with Crippen molar-refractivity contribution < 1.29 is 17.9 Å². The van der Waals surface area contributed by atoms with Crippen LogP contribution in [0.5, 0.6) is 5.75 Å². The Morgan fingerprint density at radius 3 is 2.59 bits per heavy atom. The fourth-order valence-corrected chi connectivity index (χ4v) is 4.78. The highest BCUT2D eigenvalue weighted by Gasteiger charge is 2.29. The van der Waals surface area contributed by atoms with Crippen LogP contribution in [0.1, 0.15) is 29.8 Å². The number of anilines is 1. The summed E-state index contributed by atoms with van der Waals surface area (Å²) in [5.74, 6) is -0.247. The maximum atomic E-state index is 13.0. The first-order valence-corrected chi connectivity index (χ1v) is 10.3. The van der Waals surface area contributed by atoms with Crippen molar-refractivity contribution in [3.05, 3.63) is 47.2 Å². The first kappa shape index (κ1) is 19.6. The third-order valence-electron chi connectivity index (χ3n) is 4.31. The zero-order chi connectivity index (χ0) is 19.4. The summed E-state index contributed by atoms with van der Waals surface area (Å²) in [4.78, 5) is 16.4. The average molecular weight is 410 g/mol. The van der Waals surface area contributed by atoms with Crippen LogP contribution >= 0.6 is 11.6 Å². The highest BCUT2D eigenvalue weighted by Crippen LogP contribution is 2.31. The standard InChI is InChI=1S/C18H20ClN3O4S/c1-26-16-6-5-14(21-18(23)15-11-13(19)7-8-20-15)12-17(16)27(24,25)22-9-3-2-4-10-22/h5-8,11-12H,2-4,9-10H2,1H3,(H,21,23). The lowest BCUT2D eigenvalue weighted by Gasteiger charge is -2.26. The van der Waals surface area contributed by atoms with Gasteiger partial charge in [-0.1, -0.05) is 18.0 Å². The molecule has 1 fully saturated rings. The number of hydrogen-bond donors (Lipinski definition) is 1. The monoisotopic (exact) mass is 409 g/mol. The van der Waals surface area contributed by atoms with E-state index in [0.717, 1.165) is 19.3 Å². The molecule has 1 N–H and O–H groups in total. The average Bonchev–Trinajstić information content (AvgIpc) is 2.68. The van der Waals surface area contributed by atoms with Gasteiger partial charge in [-0.15, -0.1) is 0 Å². The van der Waals surface area contributed by atoms with Gasteiger partial charge in [0.05, 0.1) is 7.11 Å². The zero-order valence-corrected chi connectivity index (χ0v) is 16.4. The van der Waals surface area contributed by atoms with Crippen LogP contribution in [-0.2, 0) is 10.0 Å². The molecule has 0 atom stereocenters. The van der Waals surface area contributed by atoms with Crippen molar-refractivity contribution in [2.75, 3.05) is 25.5 Å². The van der Waals surface area contributed by atoms with Gasteiger partial charge in [0.1, 0.15) is 16.3 Å². The summed E-state index contributed by atoms with van der Waals surface area (Å²) in [5, 5.41) is 3.04. The van der Waals surface area contributed by atoms with Crippen molar-refractivity contribution in [2.45, 2.75) is 24.2 Å². The largest absolute Gasteiger partial charge is 0.495 e. The van der Waals surface area contributed by atoms with E-state index in [1.807, 2.05) is 0 Å². The van der Waals surface area contributed by atoms with E-state index in [9.17, 15) is 13.2 Å². The summed E-state index contributed by atoms with van der Waals surface area (Å²) in [5.41, 5.74) is 0.469. The van der Waals surface area contributed by atoms with Gasteiger partial charge in [0, 0.05) is 30.0 Å². The number of nitrogens with zero attached hydrogens (tertiary/aromatic N) is 2. The molecule has 27 heavy (non-hydrogen) atoms. The molecule has 0 radical (unpaired) electrons. The maximum Gasteiger partial charge on any atom is 0.274 e. The van der Waals surface area contributed by atoms with Gasteiger partial charge in [0.2, 0.25) is 10.0 Å². The second-order valence-corrected chi connectivity index (χ2v) is 8.49. The Labute approximate surface area is 163 Å². The Balaban J connectivity index is 1.90. The first-order chi connectivity index (χ1) is 12.9. The minimum Gasteiger partial charge on any atom is -0.495 e. The smallest absolute Gasteiger partial charge is 0.274 e. The number of sulfonamides is 1. The summed E-state index contributed by atoms with van der Waals surface area (Å²) in [7, 11) is -2.30. The fraction of sp³-hybridized carbons (Fsp3) is 0.333. The van der Waals surface area contributed by atoms with E-state index >= 15 is 0 Å². The summed E-state index contributed by atoms with van der Waals surface area (Å²) in [6, 6.07) is 7.51. The molecule has 3 rings (SSSR count). The number of ether oxygens (including phenoxy) is 1. The van der Waals surface area contributed by atoms with Crippen LogP contribution in [0.15, 0.2) is 41.4 Å². The number of methoxy groups -OCH3 is 1. The molecular formula is C18H20ClN3O4S. The van der Waals surface area contributed by atoms with Crippen LogP contribution in [0.2, 0.25) is 5.02 Å². The van der Waals surface area contributed by atoms with Gasteiger partial charge in [-0.3, -0.25) is 9.78 Å². The molecule has 144 valence electrons. The number of pyridine rings is 1. The Morgan fingerprint density at radius 1 is 1.19 bits per heavy atom. The van der Waals surface area contributed by atoms with Gasteiger partial charge < -0.3 is 10.1 Å². The molecular weight excluding hydrogens is 390 g/mol. The molecule has 0 aliphatic carbocycles. The maximum absolute atomic E-state index is 13.0. The van der Waals surface area contributed by atoms with Gasteiger partial charge in [-0.25, -0.2) is 8.42 Å². The predicted molar refractivity (Wildman–Crippen MR) is 103 cm³/mol. The van der Waals surface area contributed by atoms with Crippen LogP contribution in [0.25, 0.3) is 0 Å². The second-order valence-electron chi connectivity index (χ2n) is 6.14. The van der Waals surface area contributed by atoms with E-state index in [1.165, 1.54) is 35.8 Å². The lowest BCUT2D eigenvalue weighted by molar-refractivity contribution is 0.102. The summed E-state index contributed by atoms with van der Waals surface area (Å²) in [6.45, 7) is 0.961. The Hall–Kier alpha value is -2.16. The Morgan fingerprint density at radius 2 is 1.93 bits per heavy atom. The number of piperidine rings is 1. The van der Waals surface area contributed by atoms with Crippen LogP contribution in [0, 0.1) is 0 Å². The molecule has 0 unspecified atom stereocenters. The van der Waals surface area contributed by atoms with Crippen molar-refractivity contribution in [3.8, 4) is 5.75 Å². The number of nitrogens with one attached hydrogen (secondary N) is 1. The molecule has 2 heterocycles. The van der Waals surface area contributed by atoms with Gasteiger partial charge in [0.25, 0.3) is 5.91 Å². The number of carbonyl (C=O) groups is 1. The zero-order valence-electron chi connectivity index (χ0n) is 14.8.